The minimum Gasteiger partial charge on any atom is -0.490 e. The maximum absolute atomic E-state index is 6.08. The molecule has 2 aliphatic heterocycles. The first-order chi connectivity index (χ1) is 8.63. The number of hydrogen-bond donors (Lipinski definition) is 0. The zero-order chi connectivity index (χ0) is 12.7. The van der Waals surface area contributed by atoms with Crippen molar-refractivity contribution in [2.75, 3.05) is 7.05 Å². The molecule has 1 aromatic rings. The molecule has 4 heteroatoms. The van der Waals surface area contributed by atoms with E-state index in [0.717, 1.165) is 23.1 Å². The molecule has 96 valence electrons. The molecule has 2 nitrogen and oxygen atoms in total. The predicted octanol–water partition coefficient (Wildman–Crippen LogP) is 3.88. The van der Waals surface area contributed by atoms with Gasteiger partial charge < -0.3 is 4.74 Å². The van der Waals surface area contributed by atoms with E-state index >= 15 is 0 Å². The van der Waals surface area contributed by atoms with Crippen molar-refractivity contribution >= 4 is 27.5 Å². The molecule has 1 saturated heterocycles. The van der Waals surface area contributed by atoms with Gasteiger partial charge >= 0.3 is 0 Å². The number of halogens is 2. The molecule has 18 heavy (non-hydrogen) atoms. The van der Waals surface area contributed by atoms with Crippen LogP contribution < -0.4 is 4.74 Å². The second kappa shape index (κ2) is 4.87. The summed E-state index contributed by atoms with van der Waals surface area (Å²) in [5.74, 6) is 0.858. The third kappa shape index (κ3) is 2.31. The SMILES string of the molecule is CN1[C@@H]2C=C[C@H]1C[C@H](Oc1ccc(Br)c(Cl)c1)C2. The van der Waals surface area contributed by atoms with E-state index in [2.05, 4.69) is 40.0 Å². The van der Waals surface area contributed by atoms with Gasteiger partial charge in [-0.3, -0.25) is 4.90 Å². The van der Waals surface area contributed by atoms with E-state index < -0.39 is 0 Å². The second-order valence-corrected chi connectivity index (χ2v) is 6.23. The van der Waals surface area contributed by atoms with Gasteiger partial charge in [-0.1, -0.05) is 23.8 Å². The molecule has 3 rings (SSSR count). The van der Waals surface area contributed by atoms with Crippen LogP contribution in [0.1, 0.15) is 12.8 Å². The van der Waals surface area contributed by atoms with E-state index in [9.17, 15) is 0 Å². The van der Waals surface area contributed by atoms with Crippen molar-refractivity contribution in [3.8, 4) is 5.75 Å². The summed E-state index contributed by atoms with van der Waals surface area (Å²) >= 11 is 9.46. The van der Waals surface area contributed by atoms with Gasteiger partial charge in [0.2, 0.25) is 0 Å². The van der Waals surface area contributed by atoms with Crippen molar-refractivity contribution in [1.82, 2.24) is 4.90 Å². The summed E-state index contributed by atoms with van der Waals surface area (Å²) in [6.07, 6.45) is 6.97. The highest BCUT2D eigenvalue weighted by Crippen LogP contribution is 2.33. The molecular weight excluding hydrogens is 314 g/mol. The average molecular weight is 329 g/mol. The Hall–Kier alpha value is -0.510. The Morgan fingerprint density at radius 1 is 1.28 bits per heavy atom. The number of fused-ring (bicyclic) bond motifs is 2. The summed E-state index contributed by atoms with van der Waals surface area (Å²) in [6.45, 7) is 0. The van der Waals surface area contributed by atoms with Crippen LogP contribution in [0.3, 0.4) is 0 Å². The molecular formula is C14H15BrClNO. The fourth-order valence-electron chi connectivity index (χ4n) is 2.74. The molecule has 0 radical (unpaired) electrons. The van der Waals surface area contributed by atoms with Gasteiger partial charge in [-0.2, -0.15) is 0 Å². The fourth-order valence-corrected chi connectivity index (χ4v) is 3.15. The van der Waals surface area contributed by atoms with Gasteiger partial charge in [0.15, 0.2) is 0 Å². The lowest BCUT2D eigenvalue weighted by Gasteiger charge is -2.36. The highest BCUT2D eigenvalue weighted by Gasteiger charge is 2.35. The predicted molar refractivity (Wildman–Crippen MR) is 77.3 cm³/mol. The van der Waals surface area contributed by atoms with Crippen molar-refractivity contribution in [1.29, 1.82) is 0 Å². The minimum absolute atomic E-state index is 0.281. The van der Waals surface area contributed by atoms with Gasteiger partial charge in [0.25, 0.3) is 0 Å². The molecule has 2 heterocycles. The Labute approximate surface area is 121 Å². The van der Waals surface area contributed by atoms with Crippen molar-refractivity contribution in [3.63, 3.8) is 0 Å². The summed E-state index contributed by atoms with van der Waals surface area (Å²) in [6, 6.07) is 6.82. The van der Waals surface area contributed by atoms with Gasteiger partial charge in [0.05, 0.1) is 5.02 Å². The smallest absolute Gasteiger partial charge is 0.121 e. The Balaban J connectivity index is 1.69. The summed E-state index contributed by atoms with van der Waals surface area (Å²) in [7, 11) is 2.18. The van der Waals surface area contributed by atoms with E-state index in [-0.39, 0.29) is 6.10 Å². The standard InChI is InChI=1S/C14H15BrClNO/c1-17-9-2-3-10(17)7-12(6-9)18-11-4-5-13(15)14(16)8-11/h2-5,8-10,12H,6-7H2,1H3/t9-,10+,12-. The van der Waals surface area contributed by atoms with Gasteiger partial charge in [0, 0.05) is 29.4 Å². The van der Waals surface area contributed by atoms with Crippen molar-refractivity contribution in [2.24, 2.45) is 0 Å². The number of nitrogens with zero attached hydrogens (tertiary/aromatic N) is 1. The zero-order valence-corrected chi connectivity index (χ0v) is 12.5. The Kier molecular flexibility index (Phi) is 3.39. The number of hydrogen-bond acceptors (Lipinski definition) is 2. The Bertz CT molecular complexity index is 475. The first kappa shape index (κ1) is 12.5. The van der Waals surface area contributed by atoms with E-state index in [0.29, 0.717) is 17.1 Å². The number of benzene rings is 1. The normalized spacial score (nSPS) is 30.7. The summed E-state index contributed by atoms with van der Waals surface area (Å²) in [5, 5.41) is 0.696. The number of piperidine rings is 1. The van der Waals surface area contributed by atoms with E-state index in [1.54, 1.807) is 0 Å². The third-order valence-electron chi connectivity index (χ3n) is 3.80. The highest BCUT2D eigenvalue weighted by molar-refractivity contribution is 9.10. The van der Waals surface area contributed by atoms with Crippen LogP contribution in [0.25, 0.3) is 0 Å². The van der Waals surface area contributed by atoms with Gasteiger partial charge in [-0.15, -0.1) is 0 Å². The van der Waals surface area contributed by atoms with E-state index in [4.69, 9.17) is 16.3 Å². The lowest BCUT2D eigenvalue weighted by atomic mass is 9.99. The summed E-state index contributed by atoms with van der Waals surface area (Å²) in [4.78, 5) is 2.41. The van der Waals surface area contributed by atoms with Crippen molar-refractivity contribution in [3.05, 3.63) is 39.8 Å². The molecule has 1 fully saturated rings. The molecule has 0 aliphatic carbocycles. The third-order valence-corrected chi connectivity index (χ3v) is 5.04. The lowest BCUT2D eigenvalue weighted by molar-refractivity contribution is 0.0751. The summed E-state index contributed by atoms with van der Waals surface area (Å²) in [5.41, 5.74) is 0. The van der Waals surface area contributed by atoms with Gasteiger partial charge in [-0.05, 0) is 41.2 Å². The van der Waals surface area contributed by atoms with Crippen LogP contribution in [0.4, 0.5) is 0 Å². The quantitative estimate of drug-likeness (QED) is 0.764. The first-order valence-electron chi connectivity index (χ1n) is 6.15. The van der Waals surface area contributed by atoms with Crippen LogP contribution in [0.2, 0.25) is 5.02 Å². The Morgan fingerprint density at radius 3 is 2.56 bits per heavy atom. The maximum atomic E-state index is 6.08. The topological polar surface area (TPSA) is 12.5 Å². The molecule has 0 saturated carbocycles. The molecule has 0 N–H and O–H groups in total. The summed E-state index contributed by atoms with van der Waals surface area (Å²) < 4.78 is 6.95. The second-order valence-electron chi connectivity index (χ2n) is 4.97. The van der Waals surface area contributed by atoms with Crippen molar-refractivity contribution < 1.29 is 4.74 Å². The molecule has 0 aromatic heterocycles. The first-order valence-corrected chi connectivity index (χ1v) is 7.32. The van der Waals surface area contributed by atoms with Gasteiger partial charge in [0.1, 0.15) is 11.9 Å². The zero-order valence-electron chi connectivity index (χ0n) is 10.1. The van der Waals surface area contributed by atoms with Crippen LogP contribution in [-0.4, -0.2) is 30.1 Å². The maximum Gasteiger partial charge on any atom is 0.121 e. The van der Waals surface area contributed by atoms with Gasteiger partial charge in [-0.25, -0.2) is 0 Å². The largest absolute Gasteiger partial charge is 0.490 e. The molecule has 2 aliphatic rings. The molecule has 3 atom stereocenters. The number of likely N-dealkylation sites (N-methyl/N-ethyl adjacent to an activating group) is 1. The van der Waals surface area contributed by atoms with Crippen LogP contribution >= 0.6 is 27.5 Å². The number of ether oxygens (including phenoxy) is 1. The monoisotopic (exact) mass is 327 g/mol. The van der Waals surface area contributed by atoms with Crippen LogP contribution in [0.15, 0.2) is 34.8 Å². The van der Waals surface area contributed by atoms with E-state index in [1.165, 1.54) is 0 Å². The van der Waals surface area contributed by atoms with E-state index in [1.807, 2.05) is 18.2 Å². The lowest BCUT2D eigenvalue weighted by Crippen LogP contribution is -2.44. The molecule has 0 unspecified atom stereocenters. The number of rotatable bonds is 2. The van der Waals surface area contributed by atoms with Crippen molar-refractivity contribution in [2.45, 2.75) is 31.0 Å². The Morgan fingerprint density at radius 2 is 1.94 bits per heavy atom. The van der Waals surface area contributed by atoms with Crippen LogP contribution in [0, 0.1) is 0 Å². The van der Waals surface area contributed by atoms with Crippen LogP contribution in [-0.2, 0) is 0 Å². The minimum atomic E-state index is 0.281. The highest BCUT2D eigenvalue weighted by atomic mass is 79.9. The fraction of sp³-hybridized carbons (Fsp3) is 0.429. The van der Waals surface area contributed by atoms with Crippen LogP contribution in [0.5, 0.6) is 5.75 Å². The average Bonchev–Trinajstić information content (AvgIpc) is 2.58. The molecule has 0 amide bonds. The molecule has 2 bridgehead atoms. The molecule has 0 spiro atoms. The molecule has 1 aromatic carbocycles.